The number of thioether (sulfide) groups is 1. The molecule has 3 rings (SSSR count). The number of nitrogens with one attached hydrogen (secondary N) is 1. The number of hydrogen-bond donors (Lipinski definition) is 1. The van der Waals surface area contributed by atoms with Gasteiger partial charge in [-0.3, -0.25) is 4.79 Å². The maximum Gasteiger partial charge on any atom is 0.260 e. The topological polar surface area (TPSA) is 78.8 Å². The Labute approximate surface area is 160 Å². The largest absolute Gasteiger partial charge is 0.496 e. The molecule has 0 saturated heterocycles. The summed E-state index contributed by atoms with van der Waals surface area (Å²) in [6.07, 6.45) is 1.28. The molecule has 5 nitrogen and oxygen atoms in total. The van der Waals surface area contributed by atoms with Crippen molar-refractivity contribution in [3.63, 3.8) is 0 Å². The van der Waals surface area contributed by atoms with Gasteiger partial charge in [0.05, 0.1) is 18.6 Å². The number of aryl methyl sites for hydroxylation is 2. The van der Waals surface area contributed by atoms with Gasteiger partial charge in [0.15, 0.2) is 5.16 Å². The fourth-order valence-corrected chi connectivity index (χ4v) is 4.73. The van der Waals surface area contributed by atoms with E-state index in [0.717, 1.165) is 44.3 Å². The second kappa shape index (κ2) is 7.94. The minimum absolute atomic E-state index is 0.138. The van der Waals surface area contributed by atoms with Crippen LogP contribution in [0, 0.1) is 25.2 Å². The fraction of sp³-hybridized carbons (Fsp3) is 0.316. The lowest BCUT2D eigenvalue weighted by molar-refractivity contribution is 0.416. The van der Waals surface area contributed by atoms with Gasteiger partial charge in [-0.05, 0) is 32.4 Å². The number of aromatic amines is 1. The van der Waals surface area contributed by atoms with Crippen molar-refractivity contribution in [1.82, 2.24) is 9.97 Å². The molecule has 3 aromatic rings. The van der Waals surface area contributed by atoms with Crippen LogP contribution in [-0.2, 0) is 0 Å². The maximum atomic E-state index is 12.8. The average molecular weight is 386 g/mol. The van der Waals surface area contributed by atoms with Crippen molar-refractivity contribution in [2.24, 2.45) is 0 Å². The van der Waals surface area contributed by atoms with E-state index >= 15 is 0 Å². The molecule has 0 radical (unpaired) electrons. The van der Waals surface area contributed by atoms with E-state index in [9.17, 15) is 4.79 Å². The van der Waals surface area contributed by atoms with Gasteiger partial charge in [-0.15, -0.1) is 11.3 Å². The zero-order chi connectivity index (χ0) is 18.7. The Bertz CT molecular complexity index is 1050. The van der Waals surface area contributed by atoms with E-state index in [1.54, 1.807) is 7.11 Å². The summed E-state index contributed by atoms with van der Waals surface area (Å²) in [6.45, 7) is 4.02. The molecule has 0 aliphatic carbocycles. The number of hydrogen-bond acceptors (Lipinski definition) is 6. The van der Waals surface area contributed by atoms with Gasteiger partial charge in [0.1, 0.15) is 10.6 Å². The quantitative estimate of drug-likeness (QED) is 0.379. The van der Waals surface area contributed by atoms with Crippen molar-refractivity contribution in [2.75, 3.05) is 12.9 Å². The Hall–Kier alpha value is -2.30. The molecule has 0 atom stereocenters. The van der Waals surface area contributed by atoms with Crippen LogP contribution >= 0.6 is 23.1 Å². The molecule has 0 aliphatic heterocycles. The van der Waals surface area contributed by atoms with Gasteiger partial charge in [-0.25, -0.2) is 4.98 Å². The molecule has 0 amide bonds. The zero-order valence-corrected chi connectivity index (χ0v) is 16.5. The second-order valence-corrected chi connectivity index (χ2v) is 8.19. The van der Waals surface area contributed by atoms with E-state index in [1.165, 1.54) is 23.1 Å². The molecular weight excluding hydrogens is 366 g/mol. The summed E-state index contributed by atoms with van der Waals surface area (Å²) in [5, 5.41) is 9.82. The van der Waals surface area contributed by atoms with E-state index in [2.05, 4.69) is 16.0 Å². The molecule has 26 heavy (non-hydrogen) atoms. The first kappa shape index (κ1) is 18.5. The van der Waals surface area contributed by atoms with Crippen LogP contribution in [0.5, 0.6) is 5.75 Å². The number of nitrogens with zero attached hydrogens (tertiary/aromatic N) is 2. The van der Waals surface area contributed by atoms with Crippen molar-refractivity contribution in [2.45, 2.75) is 31.8 Å². The van der Waals surface area contributed by atoms with Crippen molar-refractivity contribution >= 4 is 33.3 Å². The van der Waals surface area contributed by atoms with Crippen LogP contribution in [0.4, 0.5) is 0 Å². The highest BCUT2D eigenvalue weighted by atomic mass is 32.2. The highest BCUT2D eigenvalue weighted by Gasteiger charge is 2.19. The average Bonchev–Trinajstić information content (AvgIpc) is 2.95. The number of unbranched alkanes of at least 4 members (excludes halogenated alkanes) is 1. The van der Waals surface area contributed by atoms with Crippen LogP contribution in [0.3, 0.4) is 0 Å². The molecule has 0 spiro atoms. The van der Waals surface area contributed by atoms with Crippen LogP contribution in [0.25, 0.3) is 21.3 Å². The van der Waals surface area contributed by atoms with E-state index in [4.69, 9.17) is 10.00 Å². The van der Waals surface area contributed by atoms with Gasteiger partial charge in [0.2, 0.25) is 0 Å². The number of thiophene rings is 1. The third-order valence-electron chi connectivity index (χ3n) is 4.01. The number of fused-ring (bicyclic) bond motifs is 1. The maximum absolute atomic E-state index is 12.8. The fourth-order valence-electron chi connectivity index (χ4n) is 2.83. The lowest BCUT2D eigenvalue weighted by Crippen LogP contribution is -2.09. The SMILES string of the molecule is COc1ccc(C)cc1-c1c(C)sc2nc(SCCCC#N)[nH]c(=O)c12. The molecule has 0 unspecified atom stereocenters. The molecule has 2 aromatic heterocycles. The highest BCUT2D eigenvalue weighted by Crippen LogP contribution is 2.40. The third kappa shape index (κ3) is 3.62. The molecule has 7 heteroatoms. The first-order valence-corrected chi connectivity index (χ1v) is 10.0. The summed E-state index contributed by atoms with van der Waals surface area (Å²) in [6, 6.07) is 8.08. The number of aromatic nitrogens is 2. The first-order valence-electron chi connectivity index (χ1n) is 8.23. The zero-order valence-electron chi connectivity index (χ0n) is 14.9. The van der Waals surface area contributed by atoms with E-state index in [0.29, 0.717) is 17.0 Å². The standard InChI is InChI=1S/C19H19N3O2S2/c1-11-6-7-14(24-3)13(10-11)15-12(2)26-18-16(15)17(23)21-19(22-18)25-9-5-4-8-20/h6-7,10H,4-5,9H2,1-3H3,(H,21,22,23). The minimum Gasteiger partial charge on any atom is -0.496 e. The van der Waals surface area contributed by atoms with Crippen LogP contribution in [0.15, 0.2) is 28.2 Å². The van der Waals surface area contributed by atoms with Crippen molar-refractivity contribution in [3.8, 4) is 22.9 Å². The van der Waals surface area contributed by atoms with Gasteiger partial charge < -0.3 is 9.72 Å². The lowest BCUT2D eigenvalue weighted by atomic mass is 10.0. The molecule has 2 heterocycles. The molecule has 134 valence electrons. The summed E-state index contributed by atoms with van der Waals surface area (Å²) in [7, 11) is 1.64. The molecular formula is C19H19N3O2S2. The summed E-state index contributed by atoms with van der Waals surface area (Å²) < 4.78 is 5.51. The summed E-state index contributed by atoms with van der Waals surface area (Å²) >= 11 is 2.99. The monoisotopic (exact) mass is 385 g/mol. The van der Waals surface area contributed by atoms with Crippen molar-refractivity contribution < 1.29 is 4.74 Å². The highest BCUT2D eigenvalue weighted by molar-refractivity contribution is 7.99. The van der Waals surface area contributed by atoms with E-state index < -0.39 is 0 Å². The number of methoxy groups -OCH3 is 1. The molecule has 0 saturated carbocycles. The molecule has 1 N–H and O–H groups in total. The first-order chi connectivity index (χ1) is 12.5. The summed E-state index contributed by atoms with van der Waals surface area (Å²) in [4.78, 5) is 22.1. The second-order valence-electron chi connectivity index (χ2n) is 5.90. The number of rotatable bonds is 6. The van der Waals surface area contributed by atoms with Gasteiger partial charge in [-0.1, -0.05) is 23.4 Å². The molecule has 0 bridgehead atoms. The smallest absolute Gasteiger partial charge is 0.260 e. The van der Waals surface area contributed by atoms with E-state index in [1.807, 2.05) is 32.0 Å². The Balaban J connectivity index is 2.09. The Morgan fingerprint density at radius 2 is 2.19 bits per heavy atom. The third-order valence-corrected chi connectivity index (χ3v) is 5.97. The van der Waals surface area contributed by atoms with Gasteiger partial charge >= 0.3 is 0 Å². The minimum atomic E-state index is -0.138. The predicted octanol–water partition coefficient (Wildman–Crippen LogP) is 4.67. The Morgan fingerprint density at radius 1 is 1.38 bits per heavy atom. The van der Waals surface area contributed by atoms with Crippen molar-refractivity contribution in [1.29, 1.82) is 5.26 Å². The normalized spacial score (nSPS) is 10.8. The summed E-state index contributed by atoms with van der Waals surface area (Å²) in [5.41, 5.74) is 2.77. The summed E-state index contributed by atoms with van der Waals surface area (Å²) in [5.74, 6) is 1.50. The number of nitriles is 1. The number of H-pyrrole nitrogens is 1. The van der Waals surface area contributed by atoms with Crippen LogP contribution in [0.1, 0.15) is 23.3 Å². The number of benzene rings is 1. The van der Waals surface area contributed by atoms with Gasteiger partial charge in [0.25, 0.3) is 5.56 Å². The number of ether oxygens (including phenoxy) is 1. The van der Waals surface area contributed by atoms with Crippen molar-refractivity contribution in [3.05, 3.63) is 39.0 Å². The van der Waals surface area contributed by atoms with Crippen LogP contribution in [-0.4, -0.2) is 22.8 Å². The van der Waals surface area contributed by atoms with Gasteiger partial charge in [0, 0.05) is 28.2 Å². The Morgan fingerprint density at radius 3 is 2.92 bits per heavy atom. The molecule has 1 aromatic carbocycles. The molecule has 0 aliphatic rings. The van der Waals surface area contributed by atoms with Gasteiger partial charge in [-0.2, -0.15) is 5.26 Å². The lowest BCUT2D eigenvalue weighted by Gasteiger charge is -2.10. The Kier molecular flexibility index (Phi) is 5.64. The molecule has 0 fully saturated rings. The van der Waals surface area contributed by atoms with Crippen LogP contribution in [0.2, 0.25) is 0 Å². The van der Waals surface area contributed by atoms with E-state index in [-0.39, 0.29) is 5.56 Å². The van der Waals surface area contributed by atoms with Crippen LogP contribution < -0.4 is 10.3 Å². The predicted molar refractivity (Wildman–Crippen MR) is 107 cm³/mol.